The van der Waals surface area contributed by atoms with Gasteiger partial charge in [0, 0.05) is 18.2 Å². The van der Waals surface area contributed by atoms with Gasteiger partial charge in [0.25, 0.3) is 0 Å². The van der Waals surface area contributed by atoms with Crippen LogP contribution in [0, 0.1) is 11.8 Å². The van der Waals surface area contributed by atoms with Crippen molar-refractivity contribution in [3.63, 3.8) is 0 Å². The third kappa shape index (κ3) is 5.34. The van der Waals surface area contributed by atoms with Crippen LogP contribution in [0.5, 0.6) is 0 Å². The topological polar surface area (TPSA) is 70.2 Å². The zero-order valence-electron chi connectivity index (χ0n) is 14.1. The summed E-state index contributed by atoms with van der Waals surface area (Å²) in [6, 6.07) is 7.71. The Kier molecular flexibility index (Phi) is 5.86. The van der Waals surface area contributed by atoms with E-state index in [0.29, 0.717) is 13.1 Å². The standard InChI is InChI=1S/C19H27N3O2/c23-18(13-20-11-14-8-9-14)21-12-15-4-3-7-17(10-15)22-19(24)16-5-1-2-6-16/h3-4,7,10,14,16,20H,1-2,5-6,8-9,11-13H2,(H,21,23)(H,22,24). The molecule has 0 aromatic heterocycles. The summed E-state index contributed by atoms with van der Waals surface area (Å²) in [6.45, 7) is 1.79. The predicted octanol–water partition coefficient (Wildman–Crippen LogP) is 2.43. The van der Waals surface area contributed by atoms with E-state index in [-0.39, 0.29) is 17.7 Å². The fourth-order valence-corrected chi connectivity index (χ4v) is 3.17. The number of rotatable bonds is 8. The second-order valence-corrected chi connectivity index (χ2v) is 7.02. The molecule has 0 heterocycles. The highest BCUT2D eigenvalue weighted by Crippen LogP contribution is 2.27. The third-order valence-corrected chi connectivity index (χ3v) is 4.83. The molecule has 0 unspecified atom stereocenters. The van der Waals surface area contributed by atoms with Crippen LogP contribution < -0.4 is 16.0 Å². The molecule has 2 fully saturated rings. The normalized spacial score (nSPS) is 17.7. The van der Waals surface area contributed by atoms with Gasteiger partial charge in [-0.1, -0.05) is 25.0 Å². The number of anilines is 1. The first-order valence-corrected chi connectivity index (χ1v) is 9.08. The van der Waals surface area contributed by atoms with E-state index in [2.05, 4.69) is 16.0 Å². The number of hydrogen-bond acceptors (Lipinski definition) is 3. The molecule has 1 aromatic carbocycles. The van der Waals surface area contributed by atoms with Crippen LogP contribution in [0.1, 0.15) is 44.1 Å². The zero-order chi connectivity index (χ0) is 16.8. The predicted molar refractivity (Wildman–Crippen MR) is 94.5 cm³/mol. The molecular formula is C19H27N3O2. The van der Waals surface area contributed by atoms with E-state index in [9.17, 15) is 9.59 Å². The van der Waals surface area contributed by atoms with Crippen molar-refractivity contribution in [3.8, 4) is 0 Å². The van der Waals surface area contributed by atoms with Crippen molar-refractivity contribution in [3.05, 3.63) is 29.8 Å². The van der Waals surface area contributed by atoms with E-state index in [1.807, 2.05) is 24.3 Å². The van der Waals surface area contributed by atoms with Crippen LogP contribution in [0.2, 0.25) is 0 Å². The maximum atomic E-state index is 12.2. The van der Waals surface area contributed by atoms with Crippen molar-refractivity contribution in [1.82, 2.24) is 10.6 Å². The zero-order valence-corrected chi connectivity index (χ0v) is 14.1. The Morgan fingerprint density at radius 3 is 2.62 bits per heavy atom. The minimum Gasteiger partial charge on any atom is -0.351 e. The Balaban J connectivity index is 1.42. The smallest absolute Gasteiger partial charge is 0.234 e. The summed E-state index contributed by atoms with van der Waals surface area (Å²) < 4.78 is 0. The van der Waals surface area contributed by atoms with Crippen LogP contribution in [0.4, 0.5) is 5.69 Å². The Morgan fingerprint density at radius 1 is 1.08 bits per heavy atom. The summed E-state index contributed by atoms with van der Waals surface area (Å²) >= 11 is 0. The van der Waals surface area contributed by atoms with Crippen LogP contribution >= 0.6 is 0 Å². The van der Waals surface area contributed by atoms with Gasteiger partial charge in [-0.15, -0.1) is 0 Å². The van der Waals surface area contributed by atoms with Crippen molar-refractivity contribution in [2.24, 2.45) is 11.8 Å². The van der Waals surface area contributed by atoms with Crippen LogP contribution in [-0.2, 0) is 16.1 Å². The van der Waals surface area contributed by atoms with Crippen LogP contribution in [-0.4, -0.2) is 24.9 Å². The molecule has 5 nitrogen and oxygen atoms in total. The highest BCUT2D eigenvalue weighted by molar-refractivity contribution is 5.92. The number of carbonyl (C=O) groups is 2. The second-order valence-electron chi connectivity index (χ2n) is 7.02. The number of nitrogens with one attached hydrogen (secondary N) is 3. The van der Waals surface area contributed by atoms with Crippen molar-refractivity contribution >= 4 is 17.5 Å². The van der Waals surface area contributed by atoms with Crippen LogP contribution in [0.15, 0.2) is 24.3 Å². The Hall–Kier alpha value is -1.88. The molecule has 1 aromatic rings. The first kappa shape index (κ1) is 17.0. The van der Waals surface area contributed by atoms with E-state index < -0.39 is 0 Å². The van der Waals surface area contributed by atoms with Crippen molar-refractivity contribution in [2.75, 3.05) is 18.4 Å². The maximum Gasteiger partial charge on any atom is 0.234 e. The van der Waals surface area contributed by atoms with Gasteiger partial charge in [-0.05, 0) is 55.8 Å². The van der Waals surface area contributed by atoms with Gasteiger partial charge >= 0.3 is 0 Å². The molecule has 130 valence electrons. The average molecular weight is 329 g/mol. The van der Waals surface area contributed by atoms with E-state index >= 15 is 0 Å². The van der Waals surface area contributed by atoms with E-state index in [0.717, 1.165) is 49.4 Å². The molecule has 0 aliphatic heterocycles. The van der Waals surface area contributed by atoms with Gasteiger partial charge < -0.3 is 16.0 Å². The molecular weight excluding hydrogens is 302 g/mol. The summed E-state index contributed by atoms with van der Waals surface area (Å²) in [5.41, 5.74) is 1.81. The molecule has 24 heavy (non-hydrogen) atoms. The van der Waals surface area contributed by atoms with Crippen LogP contribution in [0.25, 0.3) is 0 Å². The second kappa shape index (κ2) is 8.29. The van der Waals surface area contributed by atoms with E-state index in [4.69, 9.17) is 0 Å². The summed E-state index contributed by atoms with van der Waals surface area (Å²) in [5.74, 6) is 1.07. The molecule has 0 atom stereocenters. The van der Waals surface area contributed by atoms with Gasteiger partial charge in [-0.3, -0.25) is 9.59 Å². The Morgan fingerprint density at radius 2 is 1.88 bits per heavy atom. The molecule has 0 radical (unpaired) electrons. The molecule has 0 saturated heterocycles. The van der Waals surface area contributed by atoms with E-state index in [1.54, 1.807) is 0 Å². The molecule has 2 saturated carbocycles. The molecule has 3 rings (SSSR count). The number of hydrogen-bond donors (Lipinski definition) is 3. The minimum absolute atomic E-state index is 0.0102. The molecule has 5 heteroatoms. The molecule has 2 amide bonds. The van der Waals surface area contributed by atoms with Crippen molar-refractivity contribution < 1.29 is 9.59 Å². The van der Waals surface area contributed by atoms with Crippen molar-refractivity contribution in [1.29, 1.82) is 0 Å². The summed E-state index contributed by atoms with van der Waals surface area (Å²) in [7, 11) is 0. The lowest BCUT2D eigenvalue weighted by Gasteiger charge is -2.12. The fraction of sp³-hybridized carbons (Fsp3) is 0.579. The van der Waals surface area contributed by atoms with Gasteiger partial charge in [-0.25, -0.2) is 0 Å². The van der Waals surface area contributed by atoms with E-state index in [1.165, 1.54) is 12.8 Å². The summed E-state index contributed by atoms with van der Waals surface area (Å²) in [6.07, 6.45) is 6.87. The number of benzene rings is 1. The Bertz CT molecular complexity index is 578. The lowest BCUT2D eigenvalue weighted by atomic mass is 10.1. The molecule has 0 bridgehead atoms. The highest BCUT2D eigenvalue weighted by atomic mass is 16.2. The summed E-state index contributed by atoms with van der Waals surface area (Å²) in [4.78, 5) is 24.0. The minimum atomic E-state index is 0.0102. The molecule has 0 spiro atoms. The van der Waals surface area contributed by atoms with Gasteiger partial charge in [-0.2, -0.15) is 0 Å². The lowest BCUT2D eigenvalue weighted by molar-refractivity contribution is -0.120. The number of amides is 2. The van der Waals surface area contributed by atoms with Gasteiger partial charge in [0.1, 0.15) is 0 Å². The van der Waals surface area contributed by atoms with Gasteiger partial charge in [0.05, 0.1) is 6.54 Å². The number of carbonyl (C=O) groups excluding carboxylic acids is 2. The monoisotopic (exact) mass is 329 g/mol. The lowest BCUT2D eigenvalue weighted by Crippen LogP contribution is -2.34. The van der Waals surface area contributed by atoms with Gasteiger partial charge in [0.15, 0.2) is 0 Å². The molecule has 2 aliphatic rings. The highest BCUT2D eigenvalue weighted by Gasteiger charge is 2.22. The largest absolute Gasteiger partial charge is 0.351 e. The maximum absolute atomic E-state index is 12.2. The fourth-order valence-electron chi connectivity index (χ4n) is 3.17. The first-order chi connectivity index (χ1) is 11.7. The third-order valence-electron chi connectivity index (χ3n) is 4.83. The van der Waals surface area contributed by atoms with Crippen LogP contribution in [0.3, 0.4) is 0 Å². The van der Waals surface area contributed by atoms with Crippen molar-refractivity contribution in [2.45, 2.75) is 45.1 Å². The average Bonchev–Trinajstić information content (AvgIpc) is 3.23. The molecule has 3 N–H and O–H groups in total. The Labute approximate surface area is 143 Å². The first-order valence-electron chi connectivity index (χ1n) is 9.08. The SMILES string of the molecule is O=C(CNCC1CC1)NCc1cccc(NC(=O)C2CCCC2)c1. The molecule has 2 aliphatic carbocycles. The summed E-state index contributed by atoms with van der Waals surface area (Å²) in [5, 5.41) is 9.10. The quantitative estimate of drug-likeness (QED) is 0.686. The van der Waals surface area contributed by atoms with Gasteiger partial charge in [0.2, 0.25) is 11.8 Å².